The Morgan fingerprint density at radius 1 is 1.07 bits per heavy atom. The molecule has 0 atom stereocenters. The van der Waals surface area contributed by atoms with E-state index in [2.05, 4.69) is 15.4 Å². The van der Waals surface area contributed by atoms with Gasteiger partial charge < -0.3 is 10.1 Å². The molecule has 0 unspecified atom stereocenters. The molecular weight excluding hydrogens is 356 g/mol. The molecule has 0 saturated heterocycles. The molecule has 1 aromatic carbocycles. The Labute approximate surface area is 163 Å². The van der Waals surface area contributed by atoms with Crippen LogP contribution < -0.4 is 5.32 Å². The maximum Gasteiger partial charge on any atom is 0.357 e. The van der Waals surface area contributed by atoms with Gasteiger partial charge >= 0.3 is 5.97 Å². The summed E-state index contributed by atoms with van der Waals surface area (Å²) in [5.74, 6) is -1.00. The molecule has 1 amide bonds. The lowest BCUT2D eigenvalue weighted by Gasteiger charge is -2.08. The lowest BCUT2D eigenvalue weighted by atomic mass is 10.2. The molecule has 0 aliphatic heterocycles. The first-order valence-electron chi connectivity index (χ1n) is 8.96. The van der Waals surface area contributed by atoms with Gasteiger partial charge in [-0.2, -0.15) is 5.10 Å². The van der Waals surface area contributed by atoms with E-state index >= 15 is 0 Å². The van der Waals surface area contributed by atoms with Crippen molar-refractivity contribution < 1.29 is 14.3 Å². The van der Waals surface area contributed by atoms with E-state index in [0.717, 1.165) is 22.5 Å². The van der Waals surface area contributed by atoms with Crippen molar-refractivity contribution in [3.8, 4) is 0 Å². The second-order valence-corrected chi connectivity index (χ2v) is 6.36. The highest BCUT2D eigenvalue weighted by molar-refractivity contribution is 5.89. The number of aryl methyl sites for hydroxylation is 1. The molecular formula is C21H22N4O3. The number of hydrogen-bond acceptors (Lipinski definition) is 5. The number of carbonyl (C=O) groups is 2. The van der Waals surface area contributed by atoms with Crippen molar-refractivity contribution in [2.75, 3.05) is 6.61 Å². The molecule has 0 aliphatic rings. The number of nitrogens with zero attached hydrogens (tertiary/aromatic N) is 3. The first kappa shape index (κ1) is 19.3. The van der Waals surface area contributed by atoms with E-state index in [0.29, 0.717) is 13.1 Å². The average molecular weight is 378 g/mol. The lowest BCUT2D eigenvalue weighted by Crippen LogP contribution is -2.29. The van der Waals surface area contributed by atoms with Crippen molar-refractivity contribution in [1.29, 1.82) is 0 Å². The van der Waals surface area contributed by atoms with Crippen LogP contribution in [0.25, 0.3) is 0 Å². The third kappa shape index (κ3) is 4.82. The number of hydrogen-bond donors (Lipinski definition) is 1. The number of amides is 1. The van der Waals surface area contributed by atoms with Gasteiger partial charge in [0.25, 0.3) is 5.91 Å². The highest BCUT2D eigenvalue weighted by atomic mass is 16.5. The van der Waals surface area contributed by atoms with Crippen LogP contribution in [0.3, 0.4) is 0 Å². The van der Waals surface area contributed by atoms with Crippen LogP contribution in [0.5, 0.6) is 0 Å². The summed E-state index contributed by atoms with van der Waals surface area (Å²) in [5.41, 5.74) is 4.14. The number of nitrogens with one attached hydrogen (secondary N) is 1. The van der Waals surface area contributed by atoms with Crippen LogP contribution in [0.2, 0.25) is 0 Å². The second-order valence-electron chi connectivity index (χ2n) is 6.36. The van der Waals surface area contributed by atoms with E-state index in [1.807, 2.05) is 48.9 Å². The van der Waals surface area contributed by atoms with Crippen LogP contribution in [-0.4, -0.2) is 33.2 Å². The summed E-state index contributed by atoms with van der Waals surface area (Å²) < 4.78 is 6.91. The molecule has 3 rings (SSSR count). The Balaban J connectivity index is 1.54. The van der Waals surface area contributed by atoms with Crippen LogP contribution in [-0.2, 0) is 22.6 Å². The van der Waals surface area contributed by atoms with E-state index in [1.54, 1.807) is 12.1 Å². The number of ether oxygens (including phenoxy) is 1. The fraction of sp³-hybridized carbons (Fsp3) is 0.238. The van der Waals surface area contributed by atoms with Gasteiger partial charge in [-0.1, -0.05) is 36.4 Å². The minimum Gasteiger partial charge on any atom is -0.451 e. The van der Waals surface area contributed by atoms with Gasteiger partial charge in [0.15, 0.2) is 6.61 Å². The minimum atomic E-state index is -0.626. The predicted octanol–water partition coefficient (Wildman–Crippen LogP) is 2.42. The van der Waals surface area contributed by atoms with Gasteiger partial charge in [-0.3, -0.25) is 9.48 Å². The van der Waals surface area contributed by atoms with Crippen molar-refractivity contribution in [2.45, 2.75) is 26.9 Å². The molecule has 0 spiro atoms. The molecule has 2 aromatic heterocycles. The van der Waals surface area contributed by atoms with Gasteiger partial charge in [0.05, 0.1) is 12.2 Å². The zero-order chi connectivity index (χ0) is 19.9. The third-order valence-corrected chi connectivity index (χ3v) is 4.38. The van der Waals surface area contributed by atoms with E-state index in [1.165, 1.54) is 12.3 Å². The van der Waals surface area contributed by atoms with Crippen LogP contribution >= 0.6 is 0 Å². The zero-order valence-corrected chi connectivity index (χ0v) is 15.9. The van der Waals surface area contributed by atoms with Crippen molar-refractivity contribution >= 4 is 11.9 Å². The summed E-state index contributed by atoms with van der Waals surface area (Å²) >= 11 is 0. The molecule has 0 bridgehead atoms. The Morgan fingerprint density at radius 2 is 1.82 bits per heavy atom. The first-order chi connectivity index (χ1) is 13.5. The van der Waals surface area contributed by atoms with Gasteiger partial charge in [-0.25, -0.2) is 9.78 Å². The summed E-state index contributed by atoms with van der Waals surface area (Å²) in [5, 5.41) is 7.34. The Morgan fingerprint density at radius 3 is 2.54 bits per heavy atom. The third-order valence-electron chi connectivity index (χ3n) is 4.38. The Bertz CT molecular complexity index is 953. The summed E-state index contributed by atoms with van der Waals surface area (Å²) in [4.78, 5) is 27.8. The molecule has 28 heavy (non-hydrogen) atoms. The van der Waals surface area contributed by atoms with Crippen molar-refractivity contribution in [2.24, 2.45) is 0 Å². The standard InChI is InChI=1S/C21H22N4O3/c1-15-18(16(2)25(24-15)13-17-8-4-3-5-9-17)12-23-20(26)14-28-21(27)19-10-6-7-11-22-19/h3-11H,12-14H2,1-2H3,(H,23,26). The number of benzene rings is 1. The number of carbonyl (C=O) groups excluding carboxylic acids is 2. The topological polar surface area (TPSA) is 86.1 Å². The van der Waals surface area contributed by atoms with Crippen LogP contribution in [0.1, 0.15) is 33.0 Å². The van der Waals surface area contributed by atoms with Crippen molar-refractivity contribution in [3.63, 3.8) is 0 Å². The highest BCUT2D eigenvalue weighted by Crippen LogP contribution is 2.14. The number of pyridine rings is 1. The van der Waals surface area contributed by atoms with Crippen LogP contribution in [0, 0.1) is 13.8 Å². The SMILES string of the molecule is Cc1nn(Cc2ccccc2)c(C)c1CNC(=O)COC(=O)c1ccccn1. The van der Waals surface area contributed by atoms with Gasteiger partial charge in [-0.15, -0.1) is 0 Å². The summed E-state index contributed by atoms with van der Waals surface area (Å²) in [6.45, 7) is 4.53. The molecule has 2 heterocycles. The van der Waals surface area contributed by atoms with E-state index in [-0.39, 0.29) is 18.2 Å². The second kappa shape index (κ2) is 8.94. The molecule has 144 valence electrons. The molecule has 0 fully saturated rings. The van der Waals surface area contributed by atoms with Gasteiger partial charge in [-0.05, 0) is 31.5 Å². The van der Waals surface area contributed by atoms with Crippen LogP contribution in [0.15, 0.2) is 54.7 Å². The van der Waals surface area contributed by atoms with E-state index < -0.39 is 5.97 Å². The Hall–Kier alpha value is -3.48. The number of aromatic nitrogens is 3. The van der Waals surface area contributed by atoms with Crippen molar-refractivity contribution in [3.05, 3.63) is 82.9 Å². The summed E-state index contributed by atoms with van der Waals surface area (Å²) in [7, 11) is 0. The predicted molar refractivity (Wildman–Crippen MR) is 104 cm³/mol. The summed E-state index contributed by atoms with van der Waals surface area (Å²) in [6, 6.07) is 15.0. The monoisotopic (exact) mass is 378 g/mol. The van der Waals surface area contributed by atoms with Crippen LogP contribution in [0.4, 0.5) is 0 Å². The molecule has 0 saturated carbocycles. The number of rotatable bonds is 7. The minimum absolute atomic E-state index is 0.171. The lowest BCUT2D eigenvalue weighted by molar-refractivity contribution is -0.124. The Kier molecular flexibility index (Phi) is 6.16. The fourth-order valence-electron chi connectivity index (χ4n) is 2.83. The van der Waals surface area contributed by atoms with Gasteiger partial charge in [0.2, 0.25) is 0 Å². The molecule has 7 nitrogen and oxygen atoms in total. The van der Waals surface area contributed by atoms with Gasteiger partial charge in [0, 0.05) is 24.0 Å². The first-order valence-corrected chi connectivity index (χ1v) is 8.96. The molecule has 7 heteroatoms. The molecule has 0 aliphatic carbocycles. The van der Waals surface area contributed by atoms with E-state index in [4.69, 9.17) is 4.74 Å². The quantitative estimate of drug-likeness (QED) is 0.638. The summed E-state index contributed by atoms with van der Waals surface area (Å²) in [6.07, 6.45) is 1.50. The molecule has 0 radical (unpaired) electrons. The fourth-order valence-corrected chi connectivity index (χ4v) is 2.83. The smallest absolute Gasteiger partial charge is 0.357 e. The largest absolute Gasteiger partial charge is 0.451 e. The maximum atomic E-state index is 12.0. The van der Waals surface area contributed by atoms with Crippen molar-refractivity contribution in [1.82, 2.24) is 20.1 Å². The highest BCUT2D eigenvalue weighted by Gasteiger charge is 2.14. The van der Waals surface area contributed by atoms with Gasteiger partial charge in [0.1, 0.15) is 5.69 Å². The maximum absolute atomic E-state index is 12.0. The molecule has 3 aromatic rings. The zero-order valence-electron chi connectivity index (χ0n) is 15.9. The number of esters is 1. The average Bonchev–Trinajstić information content (AvgIpc) is 2.98. The van der Waals surface area contributed by atoms with E-state index in [9.17, 15) is 9.59 Å². The molecule has 1 N–H and O–H groups in total. The normalized spacial score (nSPS) is 10.5.